The molecule has 0 aliphatic rings. The highest BCUT2D eigenvalue weighted by Crippen LogP contribution is 2.14. The Morgan fingerprint density at radius 1 is 0.900 bits per heavy atom. The van der Waals surface area contributed by atoms with Crippen LogP contribution < -0.4 is 4.74 Å². The maximum Gasteiger partial charge on any atom is 0.394 e. The van der Waals surface area contributed by atoms with Crippen molar-refractivity contribution in [3.8, 4) is 5.75 Å². The summed E-state index contributed by atoms with van der Waals surface area (Å²) in [6, 6.07) is 18.7. The third kappa shape index (κ3) is 7.52. The van der Waals surface area contributed by atoms with Crippen molar-refractivity contribution in [1.82, 2.24) is 0 Å². The van der Waals surface area contributed by atoms with Crippen LogP contribution in [0.1, 0.15) is 11.1 Å². The van der Waals surface area contributed by atoms with Gasteiger partial charge in [-0.1, -0.05) is 42.5 Å². The summed E-state index contributed by atoms with van der Waals surface area (Å²) in [6.07, 6.45) is 0.977. The lowest BCUT2D eigenvalue weighted by molar-refractivity contribution is 0.381. The van der Waals surface area contributed by atoms with E-state index in [1.54, 1.807) is 7.11 Å². The minimum atomic E-state index is -4.67. The maximum absolute atomic E-state index is 8.74. The molecule has 0 amide bonds. The van der Waals surface area contributed by atoms with Gasteiger partial charge >= 0.3 is 10.4 Å². The fourth-order valence-corrected chi connectivity index (χ4v) is 1.57. The molecule has 0 saturated carbocycles. The molecule has 0 aliphatic carbocycles. The largest absolute Gasteiger partial charge is 0.497 e. The normalized spacial score (nSPS) is 10.3. The molecule has 0 spiro atoms. The zero-order valence-electron chi connectivity index (χ0n) is 10.9. The monoisotopic (exact) mass is 296 g/mol. The first kappa shape index (κ1) is 16.2. The summed E-state index contributed by atoms with van der Waals surface area (Å²) >= 11 is 0. The minimum absolute atomic E-state index is 0.909. The molecular weight excluding hydrogens is 280 g/mol. The van der Waals surface area contributed by atoms with Gasteiger partial charge < -0.3 is 4.74 Å². The van der Waals surface area contributed by atoms with Gasteiger partial charge in [0.2, 0.25) is 0 Å². The van der Waals surface area contributed by atoms with Gasteiger partial charge in [0, 0.05) is 0 Å². The fourth-order valence-electron chi connectivity index (χ4n) is 1.57. The van der Waals surface area contributed by atoms with Crippen LogP contribution in [0.5, 0.6) is 5.75 Å². The highest BCUT2D eigenvalue weighted by Gasteiger charge is 1.96. The Kier molecular flexibility index (Phi) is 6.17. The van der Waals surface area contributed by atoms with Gasteiger partial charge in [-0.25, -0.2) is 0 Å². The third-order valence-corrected chi connectivity index (χ3v) is 2.41. The standard InChI is InChI=1S/C14H14O.H2O4S/c1-15-14-9-7-13(8-10-14)11-12-5-3-2-4-6-12;1-5(2,3)4/h2-10H,11H2,1H3;(H2,1,2,3,4). The second-order valence-electron chi connectivity index (χ2n) is 3.96. The molecular formula is C14H16O5S. The van der Waals surface area contributed by atoms with E-state index in [1.165, 1.54) is 11.1 Å². The number of rotatable bonds is 3. The van der Waals surface area contributed by atoms with Crippen molar-refractivity contribution in [2.75, 3.05) is 7.11 Å². The van der Waals surface area contributed by atoms with E-state index >= 15 is 0 Å². The summed E-state index contributed by atoms with van der Waals surface area (Å²) in [4.78, 5) is 0. The molecule has 0 unspecified atom stereocenters. The Hall–Kier alpha value is -1.89. The summed E-state index contributed by atoms with van der Waals surface area (Å²) in [5, 5.41) is 0. The molecule has 2 aromatic rings. The number of benzene rings is 2. The van der Waals surface area contributed by atoms with Crippen LogP contribution in [0.15, 0.2) is 54.6 Å². The van der Waals surface area contributed by atoms with Gasteiger partial charge in [0.25, 0.3) is 0 Å². The van der Waals surface area contributed by atoms with Crippen molar-refractivity contribution < 1.29 is 22.3 Å². The molecule has 5 nitrogen and oxygen atoms in total. The zero-order chi connectivity index (χ0) is 15.0. The molecule has 0 fully saturated rings. The van der Waals surface area contributed by atoms with E-state index < -0.39 is 10.4 Å². The molecule has 2 aromatic carbocycles. The second-order valence-corrected chi connectivity index (χ2v) is 4.85. The van der Waals surface area contributed by atoms with Gasteiger partial charge in [-0.15, -0.1) is 0 Å². The summed E-state index contributed by atoms with van der Waals surface area (Å²) < 4.78 is 36.7. The SMILES string of the molecule is COc1ccc(Cc2ccccc2)cc1.O=S(=O)(O)O. The lowest BCUT2D eigenvalue weighted by Gasteiger charge is -2.03. The van der Waals surface area contributed by atoms with Crippen LogP contribution in [0.2, 0.25) is 0 Å². The topological polar surface area (TPSA) is 83.8 Å². The van der Waals surface area contributed by atoms with Gasteiger partial charge in [-0.05, 0) is 29.7 Å². The van der Waals surface area contributed by atoms with Gasteiger partial charge in [0.15, 0.2) is 0 Å². The van der Waals surface area contributed by atoms with Crippen molar-refractivity contribution in [3.63, 3.8) is 0 Å². The van der Waals surface area contributed by atoms with E-state index in [9.17, 15) is 0 Å². The molecule has 2 N–H and O–H groups in total. The minimum Gasteiger partial charge on any atom is -0.497 e. The highest BCUT2D eigenvalue weighted by molar-refractivity contribution is 7.79. The van der Waals surface area contributed by atoms with Crippen molar-refractivity contribution in [2.24, 2.45) is 0 Å². The highest BCUT2D eigenvalue weighted by atomic mass is 32.3. The van der Waals surface area contributed by atoms with Crippen molar-refractivity contribution in [3.05, 3.63) is 65.7 Å². The molecule has 0 radical (unpaired) electrons. The number of methoxy groups -OCH3 is 1. The molecule has 0 aromatic heterocycles. The molecule has 0 bridgehead atoms. The average molecular weight is 296 g/mol. The van der Waals surface area contributed by atoms with Crippen molar-refractivity contribution in [2.45, 2.75) is 6.42 Å². The number of ether oxygens (including phenoxy) is 1. The summed E-state index contributed by atoms with van der Waals surface area (Å²) in [5.74, 6) is 0.909. The molecule has 20 heavy (non-hydrogen) atoms. The van der Waals surface area contributed by atoms with Crippen LogP contribution in [0.25, 0.3) is 0 Å². The van der Waals surface area contributed by atoms with Crippen LogP contribution in [0.3, 0.4) is 0 Å². The first-order valence-corrected chi connectivity index (χ1v) is 7.15. The quantitative estimate of drug-likeness (QED) is 0.851. The summed E-state index contributed by atoms with van der Waals surface area (Å²) in [6.45, 7) is 0. The van der Waals surface area contributed by atoms with Gasteiger partial charge in [0.05, 0.1) is 7.11 Å². The Balaban J connectivity index is 0.000000347. The third-order valence-electron chi connectivity index (χ3n) is 2.41. The predicted octanol–water partition coefficient (Wildman–Crippen LogP) is 2.63. The van der Waals surface area contributed by atoms with Gasteiger partial charge in [0.1, 0.15) is 5.75 Å². The lowest BCUT2D eigenvalue weighted by atomic mass is 10.1. The molecule has 0 heterocycles. The predicted molar refractivity (Wildman–Crippen MR) is 76.4 cm³/mol. The fraction of sp³-hybridized carbons (Fsp3) is 0.143. The van der Waals surface area contributed by atoms with Crippen molar-refractivity contribution in [1.29, 1.82) is 0 Å². The molecule has 0 saturated heterocycles. The average Bonchev–Trinajstić information content (AvgIpc) is 2.39. The first-order valence-electron chi connectivity index (χ1n) is 5.75. The van der Waals surface area contributed by atoms with E-state index in [1.807, 2.05) is 18.2 Å². The molecule has 108 valence electrons. The zero-order valence-corrected chi connectivity index (χ0v) is 11.7. The van der Waals surface area contributed by atoms with Crippen LogP contribution in [0.4, 0.5) is 0 Å². The van der Waals surface area contributed by atoms with E-state index in [4.69, 9.17) is 22.3 Å². The van der Waals surface area contributed by atoms with E-state index in [0.29, 0.717) is 0 Å². The first-order chi connectivity index (χ1) is 9.38. The van der Waals surface area contributed by atoms with Crippen LogP contribution in [-0.2, 0) is 16.8 Å². The van der Waals surface area contributed by atoms with Crippen molar-refractivity contribution >= 4 is 10.4 Å². The number of hydrogen-bond acceptors (Lipinski definition) is 3. The molecule has 0 aliphatic heterocycles. The Bertz CT molecular complexity index is 598. The van der Waals surface area contributed by atoms with E-state index in [0.717, 1.165) is 12.2 Å². The van der Waals surface area contributed by atoms with Gasteiger partial charge in [-0.3, -0.25) is 9.11 Å². The van der Waals surface area contributed by atoms with E-state index in [-0.39, 0.29) is 0 Å². The van der Waals surface area contributed by atoms with Gasteiger partial charge in [-0.2, -0.15) is 8.42 Å². The van der Waals surface area contributed by atoms with Crippen LogP contribution >= 0.6 is 0 Å². The summed E-state index contributed by atoms with van der Waals surface area (Å²) in [5.41, 5.74) is 2.64. The molecule has 2 rings (SSSR count). The Morgan fingerprint density at radius 3 is 1.80 bits per heavy atom. The number of hydrogen-bond donors (Lipinski definition) is 2. The van der Waals surface area contributed by atoms with Crippen LogP contribution in [0, 0.1) is 0 Å². The summed E-state index contributed by atoms with van der Waals surface area (Å²) in [7, 11) is -2.98. The maximum atomic E-state index is 8.74. The smallest absolute Gasteiger partial charge is 0.394 e. The lowest BCUT2D eigenvalue weighted by Crippen LogP contribution is -1.89. The second kappa shape index (κ2) is 7.64. The molecule has 6 heteroatoms. The van der Waals surface area contributed by atoms with Crippen LogP contribution in [-0.4, -0.2) is 24.6 Å². The van der Waals surface area contributed by atoms with E-state index in [2.05, 4.69) is 36.4 Å². The Morgan fingerprint density at radius 2 is 1.35 bits per heavy atom. The molecule has 0 atom stereocenters. The Labute approximate surface area is 118 Å².